The molecule has 0 aliphatic heterocycles. The van der Waals surface area contributed by atoms with Gasteiger partial charge in [-0.3, -0.25) is 0 Å². The van der Waals surface area contributed by atoms with Crippen LogP contribution in [0.1, 0.15) is 17.4 Å². The minimum Gasteiger partial charge on any atom is -0.481 e. The van der Waals surface area contributed by atoms with E-state index in [2.05, 4.69) is 9.97 Å². The molecule has 94 valence electrons. The van der Waals surface area contributed by atoms with Gasteiger partial charge < -0.3 is 15.6 Å². The number of nitrogen functional groups attached to an aromatic ring is 1. The summed E-state index contributed by atoms with van der Waals surface area (Å²) in [6.45, 7) is 0. The molecule has 0 bridgehead atoms. The van der Waals surface area contributed by atoms with Crippen molar-refractivity contribution in [3.8, 4) is 5.88 Å². The van der Waals surface area contributed by atoms with E-state index in [-0.39, 0.29) is 5.82 Å². The minimum absolute atomic E-state index is 0.219. The van der Waals surface area contributed by atoms with E-state index >= 15 is 0 Å². The Bertz CT molecular complexity index is 563. The van der Waals surface area contributed by atoms with E-state index in [1.165, 1.54) is 13.3 Å². The highest BCUT2D eigenvalue weighted by Crippen LogP contribution is 2.27. The predicted molar refractivity (Wildman–Crippen MR) is 68.5 cm³/mol. The Morgan fingerprint density at radius 1 is 1.44 bits per heavy atom. The Kier molecular flexibility index (Phi) is 3.64. The van der Waals surface area contributed by atoms with E-state index in [4.69, 9.17) is 22.1 Å². The third-order valence-corrected chi connectivity index (χ3v) is 2.65. The molecule has 1 atom stereocenters. The van der Waals surface area contributed by atoms with Crippen molar-refractivity contribution in [1.82, 2.24) is 9.97 Å². The summed E-state index contributed by atoms with van der Waals surface area (Å²) in [5.41, 5.74) is 6.55. The highest BCUT2D eigenvalue weighted by Gasteiger charge is 2.16. The third kappa shape index (κ3) is 2.52. The maximum Gasteiger partial charge on any atom is 0.213 e. The van der Waals surface area contributed by atoms with E-state index in [9.17, 15) is 5.11 Å². The van der Waals surface area contributed by atoms with Crippen molar-refractivity contribution in [3.05, 3.63) is 46.7 Å². The SMILES string of the molecule is COc1cccc(C(O)c2cc(Cl)cnc2N)n1. The second kappa shape index (κ2) is 5.20. The quantitative estimate of drug-likeness (QED) is 0.884. The van der Waals surface area contributed by atoms with Crippen LogP contribution in [0.3, 0.4) is 0 Å². The lowest BCUT2D eigenvalue weighted by atomic mass is 10.1. The molecule has 3 N–H and O–H groups in total. The van der Waals surface area contributed by atoms with Crippen LogP contribution in [-0.2, 0) is 0 Å². The fraction of sp³-hybridized carbons (Fsp3) is 0.167. The van der Waals surface area contributed by atoms with Crippen LogP contribution in [0.15, 0.2) is 30.5 Å². The van der Waals surface area contributed by atoms with E-state index in [1.54, 1.807) is 24.3 Å². The number of aromatic nitrogens is 2. The Balaban J connectivity index is 2.40. The van der Waals surface area contributed by atoms with Gasteiger partial charge in [0, 0.05) is 17.8 Å². The summed E-state index contributed by atoms with van der Waals surface area (Å²) < 4.78 is 5.00. The van der Waals surface area contributed by atoms with Gasteiger partial charge in [-0.25, -0.2) is 9.97 Å². The second-order valence-corrected chi connectivity index (χ2v) is 4.07. The van der Waals surface area contributed by atoms with Gasteiger partial charge in [0.05, 0.1) is 17.8 Å². The zero-order valence-corrected chi connectivity index (χ0v) is 10.4. The topological polar surface area (TPSA) is 81.3 Å². The molecule has 0 fully saturated rings. The van der Waals surface area contributed by atoms with Crippen molar-refractivity contribution in [2.45, 2.75) is 6.10 Å². The van der Waals surface area contributed by atoms with E-state index in [0.29, 0.717) is 22.2 Å². The van der Waals surface area contributed by atoms with Gasteiger partial charge in [-0.1, -0.05) is 17.7 Å². The number of anilines is 1. The first-order chi connectivity index (χ1) is 8.61. The lowest BCUT2D eigenvalue weighted by molar-refractivity contribution is 0.214. The number of hydrogen-bond donors (Lipinski definition) is 2. The fourth-order valence-corrected chi connectivity index (χ4v) is 1.71. The van der Waals surface area contributed by atoms with Crippen molar-refractivity contribution >= 4 is 17.4 Å². The number of hydrogen-bond acceptors (Lipinski definition) is 5. The molecule has 0 amide bonds. The van der Waals surface area contributed by atoms with Crippen LogP contribution >= 0.6 is 11.6 Å². The zero-order valence-electron chi connectivity index (χ0n) is 9.67. The van der Waals surface area contributed by atoms with E-state index in [0.717, 1.165) is 0 Å². The number of nitrogens with two attached hydrogens (primary N) is 1. The maximum absolute atomic E-state index is 10.2. The summed E-state index contributed by atoms with van der Waals surface area (Å²) in [6.07, 6.45) is 0.429. The summed E-state index contributed by atoms with van der Waals surface area (Å²) >= 11 is 5.83. The van der Waals surface area contributed by atoms with Crippen LogP contribution in [0.4, 0.5) is 5.82 Å². The van der Waals surface area contributed by atoms with Crippen LogP contribution in [0, 0.1) is 0 Å². The van der Waals surface area contributed by atoms with Crippen molar-refractivity contribution in [1.29, 1.82) is 0 Å². The average molecular weight is 266 g/mol. The molecule has 0 saturated carbocycles. The van der Waals surface area contributed by atoms with Crippen LogP contribution in [-0.4, -0.2) is 22.2 Å². The van der Waals surface area contributed by atoms with Crippen molar-refractivity contribution in [3.63, 3.8) is 0 Å². The Hall–Kier alpha value is -1.85. The summed E-state index contributed by atoms with van der Waals surface area (Å²) in [5.74, 6) is 0.636. The fourth-order valence-electron chi connectivity index (χ4n) is 1.54. The first-order valence-electron chi connectivity index (χ1n) is 5.21. The van der Waals surface area contributed by atoms with Gasteiger partial charge in [0.25, 0.3) is 0 Å². The molecule has 2 heterocycles. The van der Waals surface area contributed by atoms with Gasteiger partial charge >= 0.3 is 0 Å². The normalized spacial score (nSPS) is 12.2. The summed E-state index contributed by atoms with van der Waals surface area (Å²) in [7, 11) is 1.51. The Morgan fingerprint density at radius 3 is 2.94 bits per heavy atom. The first kappa shape index (κ1) is 12.6. The molecule has 0 spiro atoms. The van der Waals surface area contributed by atoms with Crippen molar-refractivity contribution in [2.75, 3.05) is 12.8 Å². The van der Waals surface area contributed by atoms with Crippen molar-refractivity contribution in [2.24, 2.45) is 0 Å². The molecular weight excluding hydrogens is 254 g/mol. The first-order valence-corrected chi connectivity index (χ1v) is 5.59. The number of pyridine rings is 2. The Morgan fingerprint density at radius 2 is 2.22 bits per heavy atom. The minimum atomic E-state index is -0.994. The van der Waals surface area contributed by atoms with Gasteiger partial charge in [-0.2, -0.15) is 0 Å². The zero-order chi connectivity index (χ0) is 13.1. The van der Waals surface area contributed by atoms with Crippen LogP contribution < -0.4 is 10.5 Å². The molecule has 5 nitrogen and oxygen atoms in total. The highest BCUT2D eigenvalue weighted by molar-refractivity contribution is 6.30. The largest absolute Gasteiger partial charge is 0.481 e. The molecule has 0 aromatic carbocycles. The molecule has 6 heteroatoms. The number of aliphatic hydroxyl groups excluding tert-OH is 1. The monoisotopic (exact) mass is 265 g/mol. The van der Waals surface area contributed by atoms with Gasteiger partial charge in [0.15, 0.2) is 0 Å². The lowest BCUT2D eigenvalue weighted by Crippen LogP contribution is -2.07. The molecule has 0 radical (unpaired) electrons. The smallest absolute Gasteiger partial charge is 0.213 e. The second-order valence-electron chi connectivity index (χ2n) is 3.64. The summed E-state index contributed by atoms with van der Waals surface area (Å²) in [5, 5.41) is 10.6. The number of methoxy groups -OCH3 is 1. The van der Waals surface area contributed by atoms with Crippen LogP contribution in [0.2, 0.25) is 5.02 Å². The molecule has 0 saturated heterocycles. The Labute approximate surface area is 109 Å². The van der Waals surface area contributed by atoms with Crippen LogP contribution in [0.25, 0.3) is 0 Å². The maximum atomic E-state index is 10.2. The molecular formula is C12H12ClN3O2. The standard InChI is InChI=1S/C12H12ClN3O2/c1-18-10-4-2-3-9(16-10)11(17)8-5-7(13)6-15-12(8)14/h2-6,11,17H,1H3,(H2,14,15). The lowest BCUT2D eigenvalue weighted by Gasteiger charge is -2.13. The third-order valence-electron chi connectivity index (χ3n) is 2.45. The van der Waals surface area contributed by atoms with Crippen LogP contribution in [0.5, 0.6) is 5.88 Å². The molecule has 2 aromatic heterocycles. The van der Waals surface area contributed by atoms with Crippen molar-refractivity contribution < 1.29 is 9.84 Å². The number of aliphatic hydroxyl groups is 1. The number of halogens is 1. The highest BCUT2D eigenvalue weighted by atomic mass is 35.5. The van der Waals surface area contributed by atoms with Gasteiger partial charge in [0.1, 0.15) is 11.9 Å². The van der Waals surface area contributed by atoms with Gasteiger partial charge in [-0.05, 0) is 12.1 Å². The van der Waals surface area contributed by atoms with Gasteiger partial charge in [-0.15, -0.1) is 0 Å². The molecule has 1 unspecified atom stereocenters. The molecule has 0 aliphatic carbocycles. The van der Waals surface area contributed by atoms with E-state index < -0.39 is 6.10 Å². The van der Waals surface area contributed by atoms with Gasteiger partial charge in [0.2, 0.25) is 5.88 Å². The molecule has 2 rings (SSSR count). The number of nitrogens with zero attached hydrogens (tertiary/aromatic N) is 2. The molecule has 2 aromatic rings. The number of rotatable bonds is 3. The predicted octanol–water partition coefficient (Wildman–Crippen LogP) is 1.80. The number of ether oxygens (including phenoxy) is 1. The van der Waals surface area contributed by atoms with E-state index in [1.807, 2.05) is 0 Å². The average Bonchev–Trinajstić information content (AvgIpc) is 2.41. The molecule has 18 heavy (non-hydrogen) atoms. The molecule has 0 aliphatic rings. The summed E-state index contributed by atoms with van der Waals surface area (Å²) in [4.78, 5) is 8.03. The summed E-state index contributed by atoms with van der Waals surface area (Å²) in [6, 6.07) is 6.66.